The average Bonchev–Trinajstić information content (AvgIpc) is 2.61. The number of rotatable bonds is 4. The fraction of sp³-hybridized carbons (Fsp3) is 0.267. The van der Waals surface area contributed by atoms with E-state index in [4.69, 9.17) is 10.5 Å². The van der Waals surface area contributed by atoms with Gasteiger partial charge >= 0.3 is 5.97 Å². The van der Waals surface area contributed by atoms with Crippen LogP contribution >= 0.6 is 0 Å². The molecule has 0 saturated carbocycles. The highest BCUT2D eigenvalue weighted by molar-refractivity contribution is 5.99. The van der Waals surface area contributed by atoms with Crippen LogP contribution in [0.2, 0.25) is 0 Å². The van der Waals surface area contributed by atoms with Crippen molar-refractivity contribution in [2.24, 2.45) is 7.05 Å². The number of benzene rings is 1. The lowest BCUT2D eigenvalue weighted by molar-refractivity contribution is 0.0697. The van der Waals surface area contributed by atoms with Gasteiger partial charge in [-0.2, -0.15) is 0 Å². The first kappa shape index (κ1) is 14.0. The predicted molar refractivity (Wildman–Crippen MR) is 78.1 cm³/mol. The number of hydrogen-bond donors (Lipinski definition) is 2. The Kier molecular flexibility index (Phi) is 3.70. The Bertz CT molecular complexity index is 659. The largest absolute Gasteiger partial charge is 0.494 e. The molecule has 0 spiro atoms. The Morgan fingerprint density at radius 1 is 1.45 bits per heavy atom. The summed E-state index contributed by atoms with van der Waals surface area (Å²) in [4.78, 5) is 11.3. The highest BCUT2D eigenvalue weighted by Gasteiger charge is 2.22. The lowest BCUT2D eigenvalue weighted by Gasteiger charge is -2.09. The molecular weight excluding hydrogens is 256 g/mol. The Balaban J connectivity index is 2.61. The average molecular weight is 274 g/mol. The maximum atomic E-state index is 11.3. The third-order valence-electron chi connectivity index (χ3n) is 3.36. The van der Waals surface area contributed by atoms with Gasteiger partial charge in [0.05, 0.1) is 18.0 Å². The van der Waals surface area contributed by atoms with Crippen LogP contribution in [0.25, 0.3) is 11.3 Å². The Morgan fingerprint density at radius 2 is 2.15 bits per heavy atom. The molecule has 5 heteroatoms. The van der Waals surface area contributed by atoms with Crippen LogP contribution in [0.5, 0.6) is 5.75 Å². The minimum atomic E-state index is -1.01. The molecule has 0 unspecified atom stereocenters. The smallest absolute Gasteiger partial charge is 0.339 e. The lowest BCUT2D eigenvalue weighted by atomic mass is 10.1. The van der Waals surface area contributed by atoms with E-state index < -0.39 is 5.97 Å². The van der Waals surface area contributed by atoms with E-state index in [2.05, 4.69) is 0 Å². The molecule has 3 N–H and O–H groups in total. The van der Waals surface area contributed by atoms with E-state index in [1.165, 1.54) is 0 Å². The maximum Gasteiger partial charge on any atom is 0.339 e. The van der Waals surface area contributed by atoms with Gasteiger partial charge in [-0.15, -0.1) is 0 Å². The second-order valence-corrected chi connectivity index (χ2v) is 4.55. The zero-order valence-corrected chi connectivity index (χ0v) is 11.8. The van der Waals surface area contributed by atoms with Crippen molar-refractivity contribution in [2.45, 2.75) is 13.8 Å². The number of aromatic carboxylic acids is 1. The van der Waals surface area contributed by atoms with Crippen molar-refractivity contribution >= 4 is 11.7 Å². The number of anilines is 1. The molecule has 0 amide bonds. The Hall–Kier alpha value is -2.43. The number of carboxylic acid groups (broad SMARTS) is 1. The molecule has 1 aromatic carbocycles. The molecule has 20 heavy (non-hydrogen) atoms. The van der Waals surface area contributed by atoms with Crippen molar-refractivity contribution in [3.05, 3.63) is 35.5 Å². The Morgan fingerprint density at radius 3 is 2.70 bits per heavy atom. The molecule has 1 aromatic heterocycles. The summed E-state index contributed by atoms with van der Waals surface area (Å²) in [6.07, 6.45) is 0. The second kappa shape index (κ2) is 5.28. The van der Waals surface area contributed by atoms with Crippen LogP contribution in [0, 0.1) is 6.92 Å². The SMILES string of the molecule is CCOc1cccc(-c2c(N)c(C(=O)O)c(C)n2C)c1. The van der Waals surface area contributed by atoms with Crippen LogP contribution in [0.4, 0.5) is 5.69 Å². The molecule has 0 fully saturated rings. The van der Waals surface area contributed by atoms with E-state index in [0.29, 0.717) is 18.0 Å². The first-order valence-electron chi connectivity index (χ1n) is 6.38. The van der Waals surface area contributed by atoms with Gasteiger partial charge in [0.2, 0.25) is 0 Å². The second-order valence-electron chi connectivity index (χ2n) is 4.55. The third-order valence-corrected chi connectivity index (χ3v) is 3.36. The van der Waals surface area contributed by atoms with Crippen LogP contribution in [0.1, 0.15) is 23.0 Å². The lowest BCUT2D eigenvalue weighted by Crippen LogP contribution is -2.01. The molecule has 0 aliphatic carbocycles. The quantitative estimate of drug-likeness (QED) is 0.898. The van der Waals surface area contributed by atoms with E-state index in [1.54, 1.807) is 18.5 Å². The fourth-order valence-corrected chi connectivity index (χ4v) is 2.35. The highest BCUT2D eigenvalue weighted by atomic mass is 16.5. The molecule has 0 bridgehead atoms. The predicted octanol–water partition coefficient (Wildman–Crippen LogP) is 2.68. The topological polar surface area (TPSA) is 77.5 Å². The van der Waals surface area contributed by atoms with Crippen LogP contribution in [-0.4, -0.2) is 22.2 Å². The molecule has 0 aliphatic heterocycles. The monoisotopic (exact) mass is 274 g/mol. The summed E-state index contributed by atoms with van der Waals surface area (Å²) in [5, 5.41) is 9.25. The first-order chi connectivity index (χ1) is 9.47. The number of aromatic nitrogens is 1. The minimum absolute atomic E-state index is 0.157. The molecule has 5 nitrogen and oxygen atoms in total. The minimum Gasteiger partial charge on any atom is -0.494 e. The fourth-order valence-electron chi connectivity index (χ4n) is 2.35. The molecule has 0 radical (unpaired) electrons. The summed E-state index contributed by atoms with van der Waals surface area (Å²) in [6, 6.07) is 7.47. The van der Waals surface area contributed by atoms with Gasteiger partial charge in [-0.05, 0) is 26.0 Å². The number of nitrogens with two attached hydrogens (primary N) is 1. The van der Waals surface area contributed by atoms with Crippen LogP contribution in [0.3, 0.4) is 0 Å². The summed E-state index contributed by atoms with van der Waals surface area (Å²) in [7, 11) is 1.81. The number of nitrogen functional groups attached to an aromatic ring is 1. The van der Waals surface area contributed by atoms with Crippen molar-refractivity contribution in [3.8, 4) is 17.0 Å². The van der Waals surface area contributed by atoms with Crippen molar-refractivity contribution in [2.75, 3.05) is 12.3 Å². The molecule has 0 atom stereocenters. The molecule has 0 aliphatic rings. The normalized spacial score (nSPS) is 10.6. The zero-order valence-electron chi connectivity index (χ0n) is 11.8. The van der Waals surface area contributed by atoms with Gasteiger partial charge in [-0.3, -0.25) is 0 Å². The summed E-state index contributed by atoms with van der Waals surface area (Å²) >= 11 is 0. The van der Waals surface area contributed by atoms with Gasteiger partial charge in [-0.25, -0.2) is 4.79 Å². The van der Waals surface area contributed by atoms with E-state index >= 15 is 0 Å². The zero-order chi connectivity index (χ0) is 14.9. The number of ether oxygens (including phenoxy) is 1. The van der Waals surface area contributed by atoms with E-state index in [9.17, 15) is 9.90 Å². The van der Waals surface area contributed by atoms with Crippen LogP contribution in [0.15, 0.2) is 24.3 Å². The van der Waals surface area contributed by atoms with E-state index in [1.807, 2.05) is 31.2 Å². The molecule has 2 rings (SSSR count). The van der Waals surface area contributed by atoms with Crippen LogP contribution in [-0.2, 0) is 7.05 Å². The molecule has 1 heterocycles. The van der Waals surface area contributed by atoms with Gasteiger partial charge < -0.3 is 20.1 Å². The standard InChI is InChI=1S/C15H18N2O3/c1-4-20-11-7-5-6-10(8-11)14-13(16)12(15(18)19)9(2)17(14)3/h5-8H,4,16H2,1-3H3,(H,18,19). The summed E-state index contributed by atoms with van der Waals surface area (Å²) < 4.78 is 7.26. The van der Waals surface area contributed by atoms with E-state index in [-0.39, 0.29) is 11.3 Å². The number of carbonyl (C=O) groups is 1. The van der Waals surface area contributed by atoms with Gasteiger partial charge in [0.25, 0.3) is 0 Å². The van der Waals surface area contributed by atoms with Crippen LogP contribution < -0.4 is 10.5 Å². The van der Waals surface area contributed by atoms with Crippen molar-refractivity contribution < 1.29 is 14.6 Å². The van der Waals surface area contributed by atoms with Crippen molar-refractivity contribution in [3.63, 3.8) is 0 Å². The molecule has 106 valence electrons. The van der Waals surface area contributed by atoms with Crippen molar-refractivity contribution in [1.29, 1.82) is 0 Å². The molecular formula is C15H18N2O3. The number of hydrogen-bond acceptors (Lipinski definition) is 3. The van der Waals surface area contributed by atoms with Gasteiger partial charge in [0.1, 0.15) is 11.3 Å². The Labute approximate surface area is 117 Å². The molecule has 0 saturated heterocycles. The summed E-state index contributed by atoms with van der Waals surface area (Å²) in [5.41, 5.74) is 8.63. The first-order valence-corrected chi connectivity index (χ1v) is 6.38. The highest BCUT2D eigenvalue weighted by Crippen LogP contribution is 2.34. The summed E-state index contributed by atoms with van der Waals surface area (Å²) in [6.45, 7) is 4.23. The molecule has 2 aromatic rings. The summed E-state index contributed by atoms with van der Waals surface area (Å²) in [5.74, 6) is -0.275. The van der Waals surface area contributed by atoms with E-state index in [0.717, 1.165) is 11.3 Å². The number of nitrogens with zero attached hydrogens (tertiary/aromatic N) is 1. The third kappa shape index (κ3) is 2.22. The van der Waals surface area contributed by atoms with Crippen molar-refractivity contribution in [1.82, 2.24) is 4.57 Å². The van der Waals surface area contributed by atoms with Gasteiger partial charge in [0, 0.05) is 18.3 Å². The van der Waals surface area contributed by atoms with Gasteiger partial charge in [-0.1, -0.05) is 12.1 Å². The number of carboxylic acids is 1. The van der Waals surface area contributed by atoms with Gasteiger partial charge in [0.15, 0.2) is 0 Å². The maximum absolute atomic E-state index is 11.3.